The van der Waals surface area contributed by atoms with Crippen LogP contribution in [0.5, 0.6) is 0 Å². The molecular formula is C22H18N2O2S. The quantitative estimate of drug-likeness (QED) is 0.673. The maximum absolute atomic E-state index is 12.7. The Labute approximate surface area is 162 Å². The Balaban J connectivity index is 1.67. The molecule has 0 aliphatic rings. The van der Waals surface area contributed by atoms with Gasteiger partial charge < -0.3 is 10.6 Å². The Morgan fingerprint density at radius 1 is 0.926 bits per heavy atom. The highest BCUT2D eigenvalue weighted by Crippen LogP contribution is 2.15. The molecule has 1 unspecified atom stereocenters. The van der Waals surface area contributed by atoms with Crippen LogP contribution in [0.4, 0.5) is 0 Å². The summed E-state index contributed by atoms with van der Waals surface area (Å²) < 4.78 is 0. The van der Waals surface area contributed by atoms with Gasteiger partial charge in [-0.25, -0.2) is 0 Å². The standard InChI is InChI=1S/C22H18N2O2S/c25-21(19-14-8-16-27-19)24-20(18-12-5-2-6-13-18)22(26)23-15-7-11-17-9-3-1-4-10-17/h1-6,8-10,12-14,16,20H,15H2,(H,23,26)(H,24,25). The van der Waals surface area contributed by atoms with Crippen molar-refractivity contribution in [1.29, 1.82) is 0 Å². The molecule has 0 aliphatic heterocycles. The lowest BCUT2D eigenvalue weighted by atomic mass is 10.1. The first-order valence-corrected chi connectivity index (χ1v) is 9.33. The van der Waals surface area contributed by atoms with Crippen molar-refractivity contribution in [3.05, 3.63) is 94.2 Å². The number of carbonyl (C=O) groups is 2. The second kappa shape index (κ2) is 9.37. The molecule has 0 saturated heterocycles. The minimum Gasteiger partial charge on any atom is -0.343 e. The number of carbonyl (C=O) groups excluding carboxylic acids is 2. The smallest absolute Gasteiger partial charge is 0.262 e. The Hall–Kier alpha value is -3.36. The second-order valence-corrected chi connectivity index (χ2v) is 6.63. The number of hydrogen-bond donors (Lipinski definition) is 2. The molecule has 2 N–H and O–H groups in total. The molecule has 4 nitrogen and oxygen atoms in total. The van der Waals surface area contributed by atoms with Crippen LogP contribution in [0.25, 0.3) is 0 Å². The lowest BCUT2D eigenvalue weighted by molar-refractivity contribution is -0.122. The number of rotatable bonds is 5. The van der Waals surface area contributed by atoms with Gasteiger partial charge in [0.2, 0.25) is 5.91 Å². The molecule has 3 aromatic rings. The van der Waals surface area contributed by atoms with Crippen LogP contribution in [0.1, 0.15) is 26.8 Å². The van der Waals surface area contributed by atoms with Crippen LogP contribution in [-0.2, 0) is 4.79 Å². The number of benzene rings is 2. The predicted octanol–water partition coefficient (Wildman–Crippen LogP) is 3.39. The van der Waals surface area contributed by atoms with E-state index in [1.54, 1.807) is 12.1 Å². The molecule has 0 radical (unpaired) electrons. The molecule has 3 rings (SSSR count). The van der Waals surface area contributed by atoms with Gasteiger partial charge in [-0.2, -0.15) is 0 Å². The van der Waals surface area contributed by atoms with Gasteiger partial charge in [0.15, 0.2) is 0 Å². The highest BCUT2D eigenvalue weighted by molar-refractivity contribution is 7.12. The van der Waals surface area contributed by atoms with Gasteiger partial charge in [0.1, 0.15) is 6.04 Å². The van der Waals surface area contributed by atoms with Gasteiger partial charge in [-0.1, -0.05) is 66.4 Å². The zero-order chi connectivity index (χ0) is 18.9. The second-order valence-electron chi connectivity index (χ2n) is 5.68. The molecule has 1 aromatic heterocycles. The van der Waals surface area contributed by atoms with E-state index in [0.29, 0.717) is 4.88 Å². The fourth-order valence-electron chi connectivity index (χ4n) is 2.46. The normalized spacial score (nSPS) is 11.0. The molecule has 0 aliphatic carbocycles. The fourth-order valence-corrected chi connectivity index (χ4v) is 3.08. The Bertz CT molecular complexity index is 942. The van der Waals surface area contributed by atoms with Crippen molar-refractivity contribution < 1.29 is 9.59 Å². The lowest BCUT2D eigenvalue weighted by Gasteiger charge is -2.18. The molecule has 1 heterocycles. The van der Waals surface area contributed by atoms with E-state index in [2.05, 4.69) is 22.5 Å². The maximum atomic E-state index is 12.7. The van der Waals surface area contributed by atoms with E-state index < -0.39 is 6.04 Å². The van der Waals surface area contributed by atoms with Gasteiger partial charge in [-0.05, 0) is 29.1 Å². The van der Waals surface area contributed by atoms with Crippen LogP contribution >= 0.6 is 11.3 Å². The average Bonchev–Trinajstić information content (AvgIpc) is 3.25. The molecule has 0 fully saturated rings. The monoisotopic (exact) mass is 374 g/mol. The van der Waals surface area contributed by atoms with Crippen LogP contribution < -0.4 is 10.6 Å². The van der Waals surface area contributed by atoms with Gasteiger partial charge in [-0.15, -0.1) is 11.3 Å². The summed E-state index contributed by atoms with van der Waals surface area (Å²) in [6.07, 6.45) is 0. The molecule has 0 bridgehead atoms. The third kappa shape index (κ3) is 5.30. The first-order chi connectivity index (χ1) is 13.2. The molecule has 1 atom stereocenters. The summed E-state index contributed by atoms with van der Waals surface area (Å²) in [5.74, 6) is 5.35. The van der Waals surface area contributed by atoms with Crippen LogP contribution in [-0.4, -0.2) is 18.4 Å². The fraction of sp³-hybridized carbons (Fsp3) is 0.0909. The highest BCUT2D eigenvalue weighted by atomic mass is 32.1. The molecule has 5 heteroatoms. The Kier molecular flexibility index (Phi) is 6.40. The average molecular weight is 374 g/mol. The third-order valence-corrected chi connectivity index (χ3v) is 4.64. The van der Waals surface area contributed by atoms with E-state index in [4.69, 9.17) is 0 Å². The first kappa shape index (κ1) is 18.4. The van der Waals surface area contributed by atoms with E-state index >= 15 is 0 Å². The van der Waals surface area contributed by atoms with E-state index in [1.165, 1.54) is 11.3 Å². The van der Waals surface area contributed by atoms with Crippen LogP contribution in [0.2, 0.25) is 0 Å². The van der Waals surface area contributed by atoms with Gasteiger partial charge in [0, 0.05) is 5.56 Å². The Morgan fingerprint density at radius 2 is 1.63 bits per heavy atom. The summed E-state index contributed by atoms with van der Waals surface area (Å²) in [7, 11) is 0. The van der Waals surface area contributed by atoms with E-state index in [-0.39, 0.29) is 18.4 Å². The van der Waals surface area contributed by atoms with Crippen molar-refractivity contribution >= 4 is 23.2 Å². The highest BCUT2D eigenvalue weighted by Gasteiger charge is 2.23. The lowest BCUT2D eigenvalue weighted by Crippen LogP contribution is -2.40. The number of nitrogens with one attached hydrogen (secondary N) is 2. The third-order valence-electron chi connectivity index (χ3n) is 3.77. The number of hydrogen-bond acceptors (Lipinski definition) is 3. The first-order valence-electron chi connectivity index (χ1n) is 8.45. The van der Waals surface area contributed by atoms with Gasteiger partial charge in [0.25, 0.3) is 5.91 Å². The maximum Gasteiger partial charge on any atom is 0.262 e. The van der Waals surface area contributed by atoms with Crippen LogP contribution in [0.15, 0.2) is 78.2 Å². The summed E-state index contributed by atoms with van der Waals surface area (Å²) in [5.41, 5.74) is 1.60. The van der Waals surface area contributed by atoms with Crippen molar-refractivity contribution in [1.82, 2.24) is 10.6 Å². The predicted molar refractivity (Wildman–Crippen MR) is 107 cm³/mol. The molecule has 2 amide bonds. The molecular weight excluding hydrogens is 356 g/mol. The van der Waals surface area contributed by atoms with E-state index in [1.807, 2.05) is 66.0 Å². The summed E-state index contributed by atoms with van der Waals surface area (Å²) in [5, 5.41) is 7.41. The summed E-state index contributed by atoms with van der Waals surface area (Å²) >= 11 is 1.33. The molecule has 0 spiro atoms. The van der Waals surface area contributed by atoms with Crippen molar-refractivity contribution in [2.45, 2.75) is 6.04 Å². The zero-order valence-electron chi connectivity index (χ0n) is 14.5. The van der Waals surface area contributed by atoms with Gasteiger partial charge in [-0.3, -0.25) is 9.59 Å². The van der Waals surface area contributed by atoms with Crippen molar-refractivity contribution in [3.8, 4) is 11.8 Å². The minimum absolute atomic E-state index is 0.200. The topological polar surface area (TPSA) is 58.2 Å². The Morgan fingerprint density at radius 3 is 2.30 bits per heavy atom. The van der Waals surface area contributed by atoms with Gasteiger partial charge >= 0.3 is 0 Å². The molecule has 2 aromatic carbocycles. The minimum atomic E-state index is -0.778. The summed E-state index contributed by atoms with van der Waals surface area (Å²) in [6, 6.07) is 21.5. The van der Waals surface area contributed by atoms with Crippen LogP contribution in [0, 0.1) is 11.8 Å². The molecule has 27 heavy (non-hydrogen) atoms. The van der Waals surface area contributed by atoms with Crippen LogP contribution in [0.3, 0.4) is 0 Å². The molecule has 0 saturated carbocycles. The van der Waals surface area contributed by atoms with Crippen molar-refractivity contribution in [2.24, 2.45) is 0 Å². The van der Waals surface area contributed by atoms with E-state index in [0.717, 1.165) is 11.1 Å². The zero-order valence-corrected chi connectivity index (χ0v) is 15.3. The number of thiophene rings is 1. The van der Waals surface area contributed by atoms with E-state index in [9.17, 15) is 9.59 Å². The SMILES string of the molecule is O=C(NC(C(=O)NCC#Cc1ccccc1)c1ccccc1)c1cccs1. The summed E-state index contributed by atoms with van der Waals surface area (Å²) in [4.78, 5) is 25.6. The largest absolute Gasteiger partial charge is 0.343 e. The van der Waals surface area contributed by atoms with Crippen molar-refractivity contribution in [3.63, 3.8) is 0 Å². The molecule has 134 valence electrons. The van der Waals surface area contributed by atoms with Crippen molar-refractivity contribution in [2.75, 3.05) is 6.54 Å². The number of amides is 2. The van der Waals surface area contributed by atoms with Gasteiger partial charge in [0.05, 0.1) is 11.4 Å². The summed E-state index contributed by atoms with van der Waals surface area (Å²) in [6.45, 7) is 0.200.